The molecule has 3 aromatic carbocycles. The highest BCUT2D eigenvalue weighted by Crippen LogP contribution is 2.20. The van der Waals surface area contributed by atoms with Crippen LogP contribution >= 0.6 is 0 Å². The monoisotopic (exact) mass is 438 g/mol. The molecule has 0 bridgehead atoms. The highest BCUT2D eigenvalue weighted by Gasteiger charge is 2.19. The number of para-hydroxylation sites is 2. The topological polar surface area (TPSA) is 106 Å². The first kappa shape index (κ1) is 20.6. The number of nitrogens with one attached hydrogen (secondary N) is 2. The molecule has 0 unspecified atom stereocenters. The van der Waals surface area contributed by atoms with Gasteiger partial charge in [0.05, 0.1) is 29.0 Å². The van der Waals surface area contributed by atoms with E-state index in [1.165, 1.54) is 4.68 Å². The van der Waals surface area contributed by atoms with Gasteiger partial charge >= 0.3 is 0 Å². The molecule has 8 nitrogen and oxygen atoms in total. The Kier molecular flexibility index (Phi) is 5.63. The standard InChI is InChI=1S/C25H22N6O2/c32-23(14-15-31-25(33)18-10-4-5-11-19(18)29-30-31)26-22(16-17-8-2-1-3-9-17)24-27-20-12-6-7-13-21(20)28-24/h1-13,22H,14-16H2,(H,26,32)(H,27,28)/t22-/m1/s1. The molecule has 0 radical (unpaired) electrons. The highest BCUT2D eigenvalue weighted by molar-refractivity contribution is 5.78. The summed E-state index contributed by atoms with van der Waals surface area (Å²) in [6, 6.07) is 24.4. The molecule has 5 aromatic rings. The summed E-state index contributed by atoms with van der Waals surface area (Å²) in [6.07, 6.45) is 0.681. The molecule has 1 amide bonds. The Labute approximate surface area is 189 Å². The number of aryl methyl sites for hydroxylation is 1. The third-order valence-corrected chi connectivity index (χ3v) is 5.54. The molecule has 33 heavy (non-hydrogen) atoms. The molecule has 1 atom stereocenters. The van der Waals surface area contributed by atoms with E-state index in [1.54, 1.807) is 24.3 Å². The van der Waals surface area contributed by atoms with Crippen LogP contribution in [-0.2, 0) is 17.8 Å². The van der Waals surface area contributed by atoms with Crippen molar-refractivity contribution in [1.82, 2.24) is 30.3 Å². The first-order chi connectivity index (χ1) is 16.2. The number of amides is 1. The lowest BCUT2D eigenvalue weighted by molar-refractivity contribution is -0.122. The van der Waals surface area contributed by atoms with E-state index in [0.717, 1.165) is 16.6 Å². The number of carbonyl (C=O) groups excluding carboxylic acids is 1. The van der Waals surface area contributed by atoms with Gasteiger partial charge in [0.2, 0.25) is 5.91 Å². The van der Waals surface area contributed by atoms with E-state index in [4.69, 9.17) is 0 Å². The Bertz CT molecular complexity index is 1440. The number of hydrogen-bond donors (Lipinski definition) is 2. The molecule has 0 spiro atoms. The molecule has 164 valence electrons. The molecule has 0 saturated heterocycles. The number of fused-ring (bicyclic) bond motifs is 2. The van der Waals surface area contributed by atoms with Gasteiger partial charge in [-0.3, -0.25) is 9.59 Å². The van der Waals surface area contributed by atoms with E-state index < -0.39 is 0 Å². The van der Waals surface area contributed by atoms with Crippen molar-refractivity contribution >= 4 is 27.8 Å². The zero-order chi connectivity index (χ0) is 22.6. The molecule has 0 aliphatic rings. The maximum atomic E-state index is 12.9. The largest absolute Gasteiger partial charge is 0.346 e. The molecule has 2 heterocycles. The van der Waals surface area contributed by atoms with Crippen LogP contribution < -0.4 is 10.9 Å². The van der Waals surface area contributed by atoms with Crippen LogP contribution in [0.1, 0.15) is 23.9 Å². The summed E-state index contributed by atoms with van der Waals surface area (Å²) in [7, 11) is 0. The summed E-state index contributed by atoms with van der Waals surface area (Å²) in [5, 5.41) is 11.6. The van der Waals surface area contributed by atoms with Gasteiger partial charge < -0.3 is 10.3 Å². The summed E-state index contributed by atoms with van der Waals surface area (Å²) in [5.74, 6) is 0.495. The van der Waals surface area contributed by atoms with Crippen LogP contribution in [0.3, 0.4) is 0 Å². The van der Waals surface area contributed by atoms with Crippen molar-refractivity contribution in [2.75, 3.05) is 0 Å². The first-order valence-corrected chi connectivity index (χ1v) is 10.8. The average molecular weight is 438 g/mol. The lowest BCUT2D eigenvalue weighted by atomic mass is 10.1. The van der Waals surface area contributed by atoms with Crippen molar-refractivity contribution in [3.63, 3.8) is 0 Å². The number of benzene rings is 3. The molecule has 0 fully saturated rings. The lowest BCUT2D eigenvalue weighted by Gasteiger charge is -2.17. The summed E-state index contributed by atoms with van der Waals surface area (Å²) < 4.78 is 1.23. The van der Waals surface area contributed by atoms with Gasteiger partial charge in [-0.25, -0.2) is 9.67 Å². The molecule has 0 aliphatic heterocycles. The fourth-order valence-electron chi connectivity index (χ4n) is 3.85. The minimum absolute atomic E-state index is 0.0957. The Morgan fingerprint density at radius 3 is 2.48 bits per heavy atom. The van der Waals surface area contributed by atoms with E-state index in [0.29, 0.717) is 23.1 Å². The lowest BCUT2D eigenvalue weighted by Crippen LogP contribution is -2.33. The van der Waals surface area contributed by atoms with E-state index in [1.807, 2.05) is 54.6 Å². The molecule has 5 rings (SSSR count). The number of rotatable bonds is 7. The van der Waals surface area contributed by atoms with Crippen LogP contribution in [0.4, 0.5) is 0 Å². The predicted molar refractivity (Wildman–Crippen MR) is 126 cm³/mol. The van der Waals surface area contributed by atoms with Crippen LogP contribution in [0, 0.1) is 0 Å². The Balaban J connectivity index is 1.34. The second kappa shape index (κ2) is 9.04. The number of imidazole rings is 1. The fourth-order valence-corrected chi connectivity index (χ4v) is 3.85. The van der Waals surface area contributed by atoms with E-state index in [9.17, 15) is 9.59 Å². The minimum Gasteiger partial charge on any atom is -0.346 e. The molecule has 0 saturated carbocycles. The number of nitrogens with zero attached hydrogens (tertiary/aromatic N) is 4. The SMILES string of the molecule is O=C(CCn1nnc2ccccc2c1=O)N[C@H](Cc1ccccc1)c1nc2ccccc2[nH]1. The van der Waals surface area contributed by atoms with Crippen LogP contribution in [0.25, 0.3) is 21.9 Å². The number of H-pyrrole nitrogens is 1. The van der Waals surface area contributed by atoms with Gasteiger partial charge in [-0.1, -0.05) is 59.8 Å². The van der Waals surface area contributed by atoms with E-state index in [2.05, 4.69) is 25.6 Å². The van der Waals surface area contributed by atoms with Crippen LogP contribution in [0.2, 0.25) is 0 Å². The zero-order valence-electron chi connectivity index (χ0n) is 17.8. The van der Waals surface area contributed by atoms with Gasteiger partial charge in [0, 0.05) is 6.42 Å². The summed E-state index contributed by atoms with van der Waals surface area (Å²) in [5.41, 5.74) is 3.12. The van der Waals surface area contributed by atoms with Crippen molar-refractivity contribution in [2.45, 2.75) is 25.4 Å². The van der Waals surface area contributed by atoms with Gasteiger partial charge in [-0.05, 0) is 36.2 Å². The quantitative estimate of drug-likeness (QED) is 0.406. The maximum absolute atomic E-state index is 12.9. The maximum Gasteiger partial charge on any atom is 0.277 e. The van der Waals surface area contributed by atoms with Crippen LogP contribution in [0.5, 0.6) is 0 Å². The van der Waals surface area contributed by atoms with Crippen LogP contribution in [0.15, 0.2) is 83.7 Å². The van der Waals surface area contributed by atoms with Crippen molar-refractivity contribution in [2.24, 2.45) is 0 Å². The van der Waals surface area contributed by atoms with E-state index >= 15 is 0 Å². The normalized spacial score (nSPS) is 12.1. The van der Waals surface area contributed by atoms with Crippen molar-refractivity contribution in [3.05, 3.63) is 101 Å². The first-order valence-electron chi connectivity index (χ1n) is 10.8. The van der Waals surface area contributed by atoms with Crippen LogP contribution in [-0.4, -0.2) is 30.9 Å². The summed E-state index contributed by atoms with van der Waals surface area (Å²) >= 11 is 0. The zero-order valence-corrected chi connectivity index (χ0v) is 17.8. The highest BCUT2D eigenvalue weighted by atomic mass is 16.2. The van der Waals surface area contributed by atoms with Gasteiger partial charge in [0.25, 0.3) is 5.56 Å². The molecule has 0 aliphatic carbocycles. The Morgan fingerprint density at radius 1 is 0.939 bits per heavy atom. The second-order valence-electron chi connectivity index (χ2n) is 7.83. The summed E-state index contributed by atoms with van der Waals surface area (Å²) in [6.45, 7) is 0.140. The summed E-state index contributed by atoms with van der Waals surface area (Å²) in [4.78, 5) is 33.5. The fraction of sp³-hybridized carbons (Fsp3) is 0.160. The molecule has 2 N–H and O–H groups in total. The van der Waals surface area contributed by atoms with Crippen molar-refractivity contribution < 1.29 is 4.79 Å². The van der Waals surface area contributed by atoms with Gasteiger partial charge in [0.1, 0.15) is 11.3 Å². The second-order valence-corrected chi connectivity index (χ2v) is 7.83. The minimum atomic E-state index is -0.341. The third kappa shape index (κ3) is 4.50. The van der Waals surface area contributed by atoms with E-state index in [-0.39, 0.29) is 30.5 Å². The smallest absolute Gasteiger partial charge is 0.277 e. The average Bonchev–Trinajstić information content (AvgIpc) is 3.28. The molecular weight excluding hydrogens is 416 g/mol. The van der Waals surface area contributed by atoms with Crippen molar-refractivity contribution in [1.29, 1.82) is 0 Å². The Morgan fingerprint density at radius 2 is 1.67 bits per heavy atom. The molecule has 8 heteroatoms. The predicted octanol–water partition coefficient (Wildman–Crippen LogP) is 3.16. The number of aromatic nitrogens is 5. The molecule has 2 aromatic heterocycles. The van der Waals surface area contributed by atoms with Gasteiger partial charge in [0.15, 0.2) is 0 Å². The third-order valence-electron chi connectivity index (χ3n) is 5.54. The van der Waals surface area contributed by atoms with Crippen molar-refractivity contribution in [3.8, 4) is 0 Å². The number of aromatic amines is 1. The van der Waals surface area contributed by atoms with Gasteiger partial charge in [-0.15, -0.1) is 5.10 Å². The molecular formula is C25H22N6O2. The Hall–Kier alpha value is -4.33. The number of hydrogen-bond acceptors (Lipinski definition) is 5. The number of carbonyl (C=O) groups is 1. The van der Waals surface area contributed by atoms with Gasteiger partial charge in [-0.2, -0.15) is 0 Å².